The van der Waals surface area contributed by atoms with Crippen LogP contribution in [0.5, 0.6) is 0 Å². The first-order valence-electron chi connectivity index (χ1n) is 4.16. The molecule has 0 spiro atoms. The molecule has 0 saturated heterocycles. The number of carbonyl (C=O) groups excluding carboxylic acids is 2. The molecule has 0 aromatic heterocycles. The summed E-state index contributed by atoms with van der Waals surface area (Å²) < 4.78 is 0. The maximum atomic E-state index is 11.0. The second-order valence-electron chi connectivity index (χ2n) is 4.11. The molecular formula is C9H13O3-. The summed E-state index contributed by atoms with van der Waals surface area (Å²) in [5.41, 5.74) is -0.422. The van der Waals surface area contributed by atoms with Gasteiger partial charge in [-0.15, -0.1) is 0 Å². The van der Waals surface area contributed by atoms with Crippen LogP contribution in [0.1, 0.15) is 33.1 Å². The molecule has 1 atom stereocenters. The van der Waals surface area contributed by atoms with Gasteiger partial charge >= 0.3 is 0 Å². The molecule has 0 aliphatic heterocycles. The van der Waals surface area contributed by atoms with Gasteiger partial charge in [0.25, 0.3) is 0 Å². The number of carboxylic acids is 1. The van der Waals surface area contributed by atoms with Crippen LogP contribution in [0.3, 0.4) is 0 Å². The Morgan fingerprint density at radius 3 is 2.58 bits per heavy atom. The van der Waals surface area contributed by atoms with Gasteiger partial charge in [0.1, 0.15) is 5.78 Å². The molecule has 1 aliphatic rings. The summed E-state index contributed by atoms with van der Waals surface area (Å²) in [5.74, 6) is -1.32. The zero-order valence-electron chi connectivity index (χ0n) is 7.42. The van der Waals surface area contributed by atoms with Crippen molar-refractivity contribution in [1.82, 2.24) is 0 Å². The van der Waals surface area contributed by atoms with Crippen LogP contribution in [0.4, 0.5) is 0 Å². The quantitative estimate of drug-likeness (QED) is 0.560. The average Bonchev–Trinajstić information content (AvgIpc) is 1.82. The van der Waals surface area contributed by atoms with Crippen LogP contribution >= 0.6 is 0 Å². The molecule has 1 aliphatic carbocycles. The molecule has 0 aromatic carbocycles. The van der Waals surface area contributed by atoms with E-state index in [0.29, 0.717) is 19.3 Å². The highest BCUT2D eigenvalue weighted by atomic mass is 16.4. The summed E-state index contributed by atoms with van der Waals surface area (Å²) in [4.78, 5) is 21.7. The van der Waals surface area contributed by atoms with Crippen molar-refractivity contribution >= 4 is 11.8 Å². The van der Waals surface area contributed by atoms with Crippen LogP contribution in [-0.2, 0) is 9.59 Å². The van der Waals surface area contributed by atoms with Gasteiger partial charge in [-0.3, -0.25) is 4.79 Å². The lowest BCUT2D eigenvalue weighted by Crippen LogP contribution is -2.44. The van der Waals surface area contributed by atoms with E-state index in [4.69, 9.17) is 0 Å². The largest absolute Gasteiger partial charge is 0.550 e. The Kier molecular flexibility index (Phi) is 2.22. The Morgan fingerprint density at radius 2 is 2.17 bits per heavy atom. The lowest BCUT2D eigenvalue weighted by molar-refractivity contribution is -0.315. The normalized spacial score (nSPS) is 28.5. The SMILES string of the molecule is CC1(C)CC(=O)CC[C@H]1C(=O)[O-]. The number of carboxylic acid groups (broad SMARTS) is 1. The van der Waals surface area contributed by atoms with Crippen molar-refractivity contribution in [3.63, 3.8) is 0 Å². The Labute approximate surface area is 71.8 Å². The third-order valence-corrected chi connectivity index (χ3v) is 2.59. The van der Waals surface area contributed by atoms with Crippen LogP contribution in [0.15, 0.2) is 0 Å². The van der Waals surface area contributed by atoms with Crippen LogP contribution < -0.4 is 5.11 Å². The first-order valence-corrected chi connectivity index (χ1v) is 4.16. The van der Waals surface area contributed by atoms with E-state index < -0.39 is 17.3 Å². The number of Topliss-reactive ketones (excluding diaryl/α,β-unsaturated/α-hetero) is 1. The Morgan fingerprint density at radius 1 is 1.58 bits per heavy atom. The highest BCUT2D eigenvalue weighted by Gasteiger charge is 2.36. The van der Waals surface area contributed by atoms with Gasteiger partial charge in [-0.05, 0) is 11.8 Å². The lowest BCUT2D eigenvalue weighted by atomic mass is 9.68. The number of hydrogen-bond acceptors (Lipinski definition) is 3. The zero-order valence-corrected chi connectivity index (χ0v) is 7.42. The van der Waals surface area contributed by atoms with Crippen molar-refractivity contribution in [3.8, 4) is 0 Å². The minimum Gasteiger partial charge on any atom is -0.550 e. The third kappa shape index (κ3) is 1.65. The highest BCUT2D eigenvalue weighted by Crippen LogP contribution is 2.38. The Bertz CT molecular complexity index is 218. The van der Waals surface area contributed by atoms with Gasteiger partial charge in [-0.2, -0.15) is 0 Å². The molecule has 12 heavy (non-hydrogen) atoms. The summed E-state index contributed by atoms with van der Waals surface area (Å²) in [6.45, 7) is 3.62. The van der Waals surface area contributed by atoms with E-state index in [1.807, 2.05) is 13.8 Å². The number of ketones is 1. The topological polar surface area (TPSA) is 57.2 Å². The molecule has 1 fully saturated rings. The second kappa shape index (κ2) is 2.88. The van der Waals surface area contributed by atoms with E-state index in [2.05, 4.69) is 0 Å². The summed E-state index contributed by atoms with van der Waals surface area (Å²) >= 11 is 0. The Balaban J connectivity index is 2.77. The van der Waals surface area contributed by atoms with Gasteiger partial charge < -0.3 is 9.90 Å². The van der Waals surface area contributed by atoms with Crippen LogP contribution in [-0.4, -0.2) is 11.8 Å². The number of rotatable bonds is 1. The third-order valence-electron chi connectivity index (χ3n) is 2.59. The van der Waals surface area contributed by atoms with Gasteiger partial charge in [0.05, 0.1) is 0 Å². The van der Waals surface area contributed by atoms with Crippen molar-refractivity contribution in [2.24, 2.45) is 11.3 Å². The van der Waals surface area contributed by atoms with Gasteiger partial charge in [0, 0.05) is 24.7 Å². The fraction of sp³-hybridized carbons (Fsp3) is 0.778. The minimum atomic E-state index is -1.02. The molecule has 0 aromatic rings. The smallest absolute Gasteiger partial charge is 0.133 e. The van der Waals surface area contributed by atoms with Crippen molar-refractivity contribution in [3.05, 3.63) is 0 Å². The molecule has 0 N–H and O–H groups in total. The molecule has 0 bridgehead atoms. The average molecular weight is 169 g/mol. The standard InChI is InChI=1S/C9H14O3/c1-9(2)5-6(10)3-4-7(9)8(11)12/h7H,3-5H2,1-2H3,(H,11,12)/p-1/t7-/m0/s1. The van der Waals surface area contributed by atoms with Crippen molar-refractivity contribution in [2.45, 2.75) is 33.1 Å². The lowest BCUT2D eigenvalue weighted by Gasteiger charge is -2.38. The van der Waals surface area contributed by atoms with Crippen molar-refractivity contribution < 1.29 is 14.7 Å². The molecule has 1 saturated carbocycles. The van der Waals surface area contributed by atoms with E-state index in [1.165, 1.54) is 0 Å². The summed E-state index contributed by atoms with van der Waals surface area (Å²) in [6, 6.07) is 0. The van der Waals surface area contributed by atoms with Crippen molar-refractivity contribution in [1.29, 1.82) is 0 Å². The molecule has 3 nitrogen and oxygen atoms in total. The fourth-order valence-corrected chi connectivity index (χ4v) is 1.85. The molecule has 0 radical (unpaired) electrons. The summed E-state index contributed by atoms with van der Waals surface area (Å²) in [6.07, 6.45) is 1.20. The van der Waals surface area contributed by atoms with Gasteiger partial charge in [-0.25, -0.2) is 0 Å². The van der Waals surface area contributed by atoms with Crippen LogP contribution in [0.2, 0.25) is 0 Å². The molecule has 0 unspecified atom stereocenters. The number of carbonyl (C=O) groups is 2. The maximum Gasteiger partial charge on any atom is 0.133 e. The van der Waals surface area contributed by atoms with E-state index in [-0.39, 0.29) is 5.78 Å². The van der Waals surface area contributed by atoms with Crippen LogP contribution in [0, 0.1) is 11.3 Å². The first kappa shape index (κ1) is 9.23. The zero-order chi connectivity index (χ0) is 9.35. The summed E-state index contributed by atoms with van der Waals surface area (Å²) in [5, 5.41) is 10.7. The van der Waals surface area contributed by atoms with E-state index in [9.17, 15) is 14.7 Å². The fourth-order valence-electron chi connectivity index (χ4n) is 1.85. The Hall–Kier alpha value is -0.860. The van der Waals surface area contributed by atoms with Crippen molar-refractivity contribution in [2.75, 3.05) is 0 Å². The molecular weight excluding hydrogens is 156 g/mol. The highest BCUT2D eigenvalue weighted by molar-refractivity contribution is 5.82. The van der Waals surface area contributed by atoms with Gasteiger partial charge in [0.2, 0.25) is 0 Å². The van der Waals surface area contributed by atoms with E-state index >= 15 is 0 Å². The molecule has 0 amide bonds. The molecule has 68 valence electrons. The second-order valence-corrected chi connectivity index (χ2v) is 4.11. The van der Waals surface area contributed by atoms with Gasteiger partial charge in [0.15, 0.2) is 0 Å². The first-order chi connectivity index (χ1) is 5.43. The van der Waals surface area contributed by atoms with Gasteiger partial charge in [-0.1, -0.05) is 13.8 Å². The molecule has 3 heteroatoms. The van der Waals surface area contributed by atoms with Crippen LogP contribution in [0.25, 0.3) is 0 Å². The summed E-state index contributed by atoms with van der Waals surface area (Å²) in [7, 11) is 0. The monoisotopic (exact) mass is 169 g/mol. The number of hydrogen-bond donors (Lipinski definition) is 0. The predicted octanol–water partition coefficient (Wildman–Crippen LogP) is 0.132. The minimum absolute atomic E-state index is 0.164. The molecule has 1 rings (SSSR count). The predicted molar refractivity (Wildman–Crippen MR) is 41.1 cm³/mol. The number of aliphatic carboxylic acids is 1. The molecule has 0 heterocycles. The van der Waals surface area contributed by atoms with E-state index in [1.54, 1.807) is 0 Å². The van der Waals surface area contributed by atoms with E-state index in [0.717, 1.165) is 0 Å². The maximum absolute atomic E-state index is 11.0.